The van der Waals surface area contributed by atoms with Crippen molar-refractivity contribution in [1.82, 2.24) is 10.3 Å². The molecular formula is C17H22N2O. The summed E-state index contributed by atoms with van der Waals surface area (Å²) in [5.74, 6) is 0.854. The zero-order valence-electron chi connectivity index (χ0n) is 12.2. The Hall–Kier alpha value is -1.87. The lowest BCUT2D eigenvalue weighted by molar-refractivity contribution is 0.223. The highest BCUT2D eigenvalue weighted by Gasteiger charge is 2.10. The number of hydrogen-bond donors (Lipinski definition) is 1. The number of benzene rings is 1. The van der Waals surface area contributed by atoms with Gasteiger partial charge in [0, 0.05) is 18.3 Å². The van der Waals surface area contributed by atoms with E-state index >= 15 is 0 Å². The Morgan fingerprint density at radius 3 is 2.75 bits per heavy atom. The van der Waals surface area contributed by atoms with Gasteiger partial charge in [-0.05, 0) is 31.5 Å². The van der Waals surface area contributed by atoms with Crippen LogP contribution in [0.1, 0.15) is 37.5 Å². The van der Waals surface area contributed by atoms with Gasteiger partial charge >= 0.3 is 0 Å². The van der Waals surface area contributed by atoms with Crippen molar-refractivity contribution < 1.29 is 4.74 Å². The van der Waals surface area contributed by atoms with E-state index in [0.29, 0.717) is 0 Å². The maximum Gasteiger partial charge on any atom is 0.142 e. The van der Waals surface area contributed by atoms with Crippen molar-refractivity contribution >= 4 is 0 Å². The molecule has 0 aliphatic heterocycles. The topological polar surface area (TPSA) is 34.2 Å². The molecule has 1 aromatic heterocycles. The molecule has 0 aliphatic carbocycles. The highest BCUT2D eigenvalue weighted by molar-refractivity contribution is 5.31. The second kappa shape index (κ2) is 7.65. The fourth-order valence-corrected chi connectivity index (χ4v) is 2.04. The lowest BCUT2D eigenvalue weighted by Crippen LogP contribution is -2.15. The van der Waals surface area contributed by atoms with Crippen molar-refractivity contribution in [2.24, 2.45) is 0 Å². The molecule has 0 fully saturated rings. The third-order valence-electron chi connectivity index (χ3n) is 3.19. The van der Waals surface area contributed by atoms with Crippen LogP contribution in [0.5, 0.6) is 5.75 Å². The number of rotatable bonds is 7. The van der Waals surface area contributed by atoms with Gasteiger partial charge in [0.05, 0.1) is 6.20 Å². The van der Waals surface area contributed by atoms with Crippen LogP contribution < -0.4 is 10.1 Å². The van der Waals surface area contributed by atoms with Crippen LogP contribution >= 0.6 is 0 Å². The van der Waals surface area contributed by atoms with E-state index < -0.39 is 0 Å². The van der Waals surface area contributed by atoms with Gasteiger partial charge in [-0.3, -0.25) is 4.98 Å². The Morgan fingerprint density at radius 2 is 2.00 bits per heavy atom. The molecule has 0 radical (unpaired) electrons. The average Bonchev–Trinajstić information content (AvgIpc) is 2.50. The summed E-state index contributed by atoms with van der Waals surface area (Å²) in [6, 6.07) is 12.2. The summed E-state index contributed by atoms with van der Waals surface area (Å²) in [5.41, 5.74) is 2.32. The van der Waals surface area contributed by atoms with Crippen molar-refractivity contribution in [2.75, 3.05) is 6.54 Å². The number of nitrogens with one attached hydrogen (secondary N) is 1. The lowest BCUT2D eigenvalue weighted by Gasteiger charge is -2.17. The van der Waals surface area contributed by atoms with Crippen LogP contribution in [-0.4, -0.2) is 11.5 Å². The van der Waals surface area contributed by atoms with Gasteiger partial charge in [0.15, 0.2) is 0 Å². The Balaban J connectivity index is 2.05. The molecule has 1 unspecified atom stereocenters. The standard InChI is InChI=1S/C17H22N2O/c1-3-10-18-12-16-9-11-19-13-17(16)20-14(2)15-7-5-4-6-8-15/h4-9,11,13-14,18H,3,10,12H2,1-2H3. The highest BCUT2D eigenvalue weighted by Crippen LogP contribution is 2.24. The van der Waals surface area contributed by atoms with E-state index in [1.54, 1.807) is 6.20 Å². The van der Waals surface area contributed by atoms with Crippen LogP contribution in [-0.2, 0) is 6.54 Å². The van der Waals surface area contributed by atoms with Crippen molar-refractivity contribution in [3.63, 3.8) is 0 Å². The lowest BCUT2D eigenvalue weighted by atomic mass is 10.1. The van der Waals surface area contributed by atoms with Crippen molar-refractivity contribution in [3.8, 4) is 5.75 Å². The summed E-state index contributed by atoms with van der Waals surface area (Å²) in [4.78, 5) is 4.17. The minimum atomic E-state index is 0.0188. The average molecular weight is 270 g/mol. The second-order valence-electron chi connectivity index (χ2n) is 4.83. The van der Waals surface area contributed by atoms with Crippen LogP contribution in [0.3, 0.4) is 0 Å². The van der Waals surface area contributed by atoms with Crippen LogP contribution in [0.25, 0.3) is 0 Å². The first-order valence-electron chi connectivity index (χ1n) is 7.16. The molecule has 1 atom stereocenters. The highest BCUT2D eigenvalue weighted by atomic mass is 16.5. The molecule has 0 amide bonds. The molecule has 0 spiro atoms. The Labute approximate surface area is 121 Å². The van der Waals surface area contributed by atoms with Crippen LogP contribution in [0, 0.1) is 0 Å². The molecule has 3 nitrogen and oxygen atoms in total. The summed E-state index contributed by atoms with van der Waals surface area (Å²) in [7, 11) is 0. The van der Waals surface area contributed by atoms with Gasteiger partial charge in [0.1, 0.15) is 11.9 Å². The maximum absolute atomic E-state index is 6.06. The van der Waals surface area contributed by atoms with E-state index in [4.69, 9.17) is 4.74 Å². The number of hydrogen-bond acceptors (Lipinski definition) is 3. The predicted molar refractivity (Wildman–Crippen MR) is 81.7 cm³/mol. The van der Waals surface area contributed by atoms with E-state index in [-0.39, 0.29) is 6.10 Å². The first kappa shape index (κ1) is 14.5. The molecule has 106 valence electrons. The third-order valence-corrected chi connectivity index (χ3v) is 3.19. The minimum absolute atomic E-state index is 0.0188. The summed E-state index contributed by atoms with van der Waals surface area (Å²) < 4.78 is 6.06. The van der Waals surface area contributed by atoms with Crippen molar-refractivity contribution in [2.45, 2.75) is 32.9 Å². The molecule has 3 heteroatoms. The molecule has 2 aromatic rings. The van der Waals surface area contributed by atoms with Crippen molar-refractivity contribution in [3.05, 3.63) is 59.9 Å². The molecular weight excluding hydrogens is 248 g/mol. The number of pyridine rings is 1. The molecule has 0 bridgehead atoms. The largest absolute Gasteiger partial charge is 0.484 e. The molecule has 20 heavy (non-hydrogen) atoms. The number of nitrogens with zero attached hydrogens (tertiary/aromatic N) is 1. The van der Waals surface area contributed by atoms with Crippen LogP contribution in [0.2, 0.25) is 0 Å². The Morgan fingerprint density at radius 1 is 1.20 bits per heavy atom. The van der Waals surface area contributed by atoms with Gasteiger partial charge in [0.2, 0.25) is 0 Å². The predicted octanol–water partition coefficient (Wildman–Crippen LogP) is 3.72. The van der Waals surface area contributed by atoms with Gasteiger partial charge < -0.3 is 10.1 Å². The minimum Gasteiger partial charge on any atom is -0.484 e. The number of aromatic nitrogens is 1. The van der Waals surface area contributed by atoms with E-state index in [1.807, 2.05) is 30.5 Å². The van der Waals surface area contributed by atoms with E-state index in [9.17, 15) is 0 Å². The molecule has 1 aromatic carbocycles. The SMILES string of the molecule is CCCNCc1ccncc1OC(C)c1ccccc1. The molecule has 1 heterocycles. The molecule has 2 rings (SSSR count). The summed E-state index contributed by atoms with van der Waals surface area (Å²) in [5, 5.41) is 3.40. The molecule has 1 N–H and O–H groups in total. The van der Waals surface area contributed by atoms with Gasteiger partial charge in [-0.2, -0.15) is 0 Å². The fraction of sp³-hybridized carbons (Fsp3) is 0.353. The van der Waals surface area contributed by atoms with E-state index in [1.165, 1.54) is 5.56 Å². The third kappa shape index (κ3) is 4.07. The zero-order valence-corrected chi connectivity index (χ0v) is 12.2. The summed E-state index contributed by atoms with van der Waals surface area (Å²) in [6.45, 7) is 6.04. The normalized spacial score (nSPS) is 12.1. The Kier molecular flexibility index (Phi) is 5.56. The quantitative estimate of drug-likeness (QED) is 0.779. The van der Waals surface area contributed by atoms with E-state index in [2.05, 4.69) is 36.3 Å². The number of ether oxygens (including phenoxy) is 1. The summed E-state index contributed by atoms with van der Waals surface area (Å²) in [6.07, 6.45) is 4.75. The van der Waals surface area contributed by atoms with Crippen LogP contribution in [0.15, 0.2) is 48.8 Å². The fourth-order valence-electron chi connectivity index (χ4n) is 2.04. The first-order chi connectivity index (χ1) is 9.81. The monoisotopic (exact) mass is 270 g/mol. The Bertz CT molecular complexity index is 513. The van der Waals surface area contributed by atoms with Gasteiger partial charge in [-0.1, -0.05) is 37.3 Å². The maximum atomic E-state index is 6.06. The van der Waals surface area contributed by atoms with E-state index in [0.717, 1.165) is 30.8 Å². The second-order valence-corrected chi connectivity index (χ2v) is 4.83. The summed E-state index contributed by atoms with van der Waals surface area (Å²) >= 11 is 0. The smallest absolute Gasteiger partial charge is 0.142 e. The van der Waals surface area contributed by atoms with Crippen molar-refractivity contribution in [1.29, 1.82) is 0 Å². The van der Waals surface area contributed by atoms with Gasteiger partial charge in [0.25, 0.3) is 0 Å². The van der Waals surface area contributed by atoms with Gasteiger partial charge in [-0.15, -0.1) is 0 Å². The van der Waals surface area contributed by atoms with Crippen LogP contribution in [0.4, 0.5) is 0 Å². The first-order valence-corrected chi connectivity index (χ1v) is 7.16. The molecule has 0 saturated carbocycles. The van der Waals surface area contributed by atoms with Gasteiger partial charge in [-0.25, -0.2) is 0 Å². The zero-order chi connectivity index (χ0) is 14.2. The molecule has 0 saturated heterocycles. The molecule has 0 aliphatic rings.